The van der Waals surface area contributed by atoms with Gasteiger partial charge in [-0.3, -0.25) is 9.59 Å². The van der Waals surface area contributed by atoms with E-state index in [-0.39, 0.29) is 12.5 Å². The number of carboxylic acids is 1. The second-order valence-corrected chi connectivity index (χ2v) is 5.06. The van der Waals surface area contributed by atoms with Gasteiger partial charge in [0.2, 0.25) is 5.91 Å². The minimum Gasteiger partial charge on any atom is -0.480 e. The third-order valence-corrected chi connectivity index (χ3v) is 2.95. The summed E-state index contributed by atoms with van der Waals surface area (Å²) in [7, 11) is 0. The first-order valence-electron chi connectivity index (χ1n) is 5.98. The quantitative estimate of drug-likeness (QED) is 0.752. The maximum Gasteiger partial charge on any atom is 0.323 e. The molecule has 4 heteroatoms. The van der Waals surface area contributed by atoms with Crippen molar-refractivity contribution in [2.45, 2.75) is 39.5 Å². The van der Waals surface area contributed by atoms with Crippen LogP contribution in [0, 0.1) is 11.8 Å². The summed E-state index contributed by atoms with van der Waals surface area (Å²) in [6.07, 6.45) is 3.98. The average Bonchev–Trinajstić information content (AvgIpc) is 2.08. The van der Waals surface area contributed by atoms with Gasteiger partial charge in [-0.15, -0.1) is 0 Å². The molecule has 0 unspecified atom stereocenters. The van der Waals surface area contributed by atoms with Gasteiger partial charge < -0.3 is 10.0 Å². The van der Waals surface area contributed by atoms with Gasteiger partial charge in [-0.2, -0.15) is 0 Å². The molecule has 1 rings (SSSR count). The smallest absolute Gasteiger partial charge is 0.323 e. The number of amides is 1. The van der Waals surface area contributed by atoms with E-state index in [0.29, 0.717) is 24.8 Å². The molecular weight excluding hydrogens is 206 g/mol. The van der Waals surface area contributed by atoms with E-state index in [0.717, 1.165) is 12.8 Å². The molecule has 0 radical (unpaired) electrons. The highest BCUT2D eigenvalue weighted by atomic mass is 16.4. The van der Waals surface area contributed by atoms with Gasteiger partial charge >= 0.3 is 5.97 Å². The molecule has 1 N–H and O–H groups in total. The van der Waals surface area contributed by atoms with Gasteiger partial charge in [0.05, 0.1) is 0 Å². The molecule has 0 aliphatic heterocycles. The molecule has 0 aromatic heterocycles. The van der Waals surface area contributed by atoms with Gasteiger partial charge in [-0.1, -0.05) is 20.3 Å². The molecule has 1 aliphatic rings. The summed E-state index contributed by atoms with van der Waals surface area (Å²) in [5.41, 5.74) is 0. The predicted molar refractivity (Wildman–Crippen MR) is 61.0 cm³/mol. The van der Waals surface area contributed by atoms with Crippen molar-refractivity contribution in [1.82, 2.24) is 4.90 Å². The van der Waals surface area contributed by atoms with Crippen molar-refractivity contribution < 1.29 is 14.7 Å². The second-order valence-electron chi connectivity index (χ2n) is 5.06. The van der Waals surface area contributed by atoms with E-state index >= 15 is 0 Å². The molecule has 1 fully saturated rings. The fourth-order valence-corrected chi connectivity index (χ4v) is 1.93. The number of carbonyl (C=O) groups is 2. The normalized spacial score (nSPS) is 15.9. The molecule has 0 aromatic rings. The van der Waals surface area contributed by atoms with E-state index in [1.165, 1.54) is 11.3 Å². The van der Waals surface area contributed by atoms with Crippen molar-refractivity contribution in [2.24, 2.45) is 11.8 Å². The Hall–Kier alpha value is -1.06. The molecule has 1 amide bonds. The van der Waals surface area contributed by atoms with E-state index in [1.54, 1.807) is 0 Å². The van der Waals surface area contributed by atoms with Crippen molar-refractivity contribution >= 4 is 11.9 Å². The van der Waals surface area contributed by atoms with Crippen LogP contribution in [0.5, 0.6) is 0 Å². The SMILES string of the molecule is CC(C)CN(CC(=O)O)C(=O)CC1CCC1. The number of carboxylic acid groups (broad SMARTS) is 1. The maximum absolute atomic E-state index is 11.9. The molecule has 1 aliphatic carbocycles. The van der Waals surface area contributed by atoms with Crippen molar-refractivity contribution in [3.63, 3.8) is 0 Å². The Bertz CT molecular complexity index is 259. The highest BCUT2D eigenvalue weighted by Crippen LogP contribution is 2.29. The molecule has 0 heterocycles. The van der Waals surface area contributed by atoms with E-state index in [4.69, 9.17) is 5.11 Å². The Morgan fingerprint density at radius 2 is 2.00 bits per heavy atom. The number of aliphatic carboxylic acids is 1. The third kappa shape index (κ3) is 4.21. The molecule has 0 spiro atoms. The lowest BCUT2D eigenvalue weighted by molar-refractivity contribution is -0.145. The number of nitrogens with zero attached hydrogens (tertiary/aromatic N) is 1. The predicted octanol–water partition coefficient (Wildman–Crippen LogP) is 1.75. The summed E-state index contributed by atoms with van der Waals surface area (Å²) in [6, 6.07) is 0. The van der Waals surface area contributed by atoms with Crippen LogP contribution in [-0.2, 0) is 9.59 Å². The van der Waals surface area contributed by atoms with Crippen LogP contribution < -0.4 is 0 Å². The summed E-state index contributed by atoms with van der Waals surface area (Å²) >= 11 is 0. The van der Waals surface area contributed by atoms with Crippen LogP contribution in [0.1, 0.15) is 39.5 Å². The number of carbonyl (C=O) groups excluding carboxylic acids is 1. The Morgan fingerprint density at radius 3 is 2.38 bits per heavy atom. The summed E-state index contributed by atoms with van der Waals surface area (Å²) in [5, 5.41) is 8.76. The molecule has 0 saturated heterocycles. The van der Waals surface area contributed by atoms with E-state index in [1.807, 2.05) is 13.8 Å². The number of hydrogen-bond acceptors (Lipinski definition) is 2. The minimum absolute atomic E-state index is 0.000741. The molecule has 1 saturated carbocycles. The van der Waals surface area contributed by atoms with Crippen LogP contribution in [0.25, 0.3) is 0 Å². The summed E-state index contributed by atoms with van der Waals surface area (Å²) in [5.74, 6) is -0.121. The summed E-state index contributed by atoms with van der Waals surface area (Å²) in [4.78, 5) is 24.0. The standard InChI is InChI=1S/C12H21NO3/c1-9(2)7-13(8-12(15)16)11(14)6-10-4-3-5-10/h9-10H,3-8H2,1-2H3,(H,15,16). The van der Waals surface area contributed by atoms with Gasteiger partial charge in [0.15, 0.2) is 0 Å². The molecule has 16 heavy (non-hydrogen) atoms. The van der Waals surface area contributed by atoms with Gasteiger partial charge in [-0.05, 0) is 24.7 Å². The highest BCUT2D eigenvalue weighted by molar-refractivity contribution is 5.81. The molecular formula is C12H21NO3. The fourth-order valence-electron chi connectivity index (χ4n) is 1.93. The van der Waals surface area contributed by atoms with Crippen molar-refractivity contribution in [2.75, 3.05) is 13.1 Å². The summed E-state index contributed by atoms with van der Waals surface area (Å²) < 4.78 is 0. The average molecular weight is 227 g/mol. The molecule has 0 atom stereocenters. The zero-order valence-electron chi connectivity index (χ0n) is 10.1. The van der Waals surface area contributed by atoms with Crippen LogP contribution in [0.2, 0.25) is 0 Å². The number of hydrogen-bond donors (Lipinski definition) is 1. The first kappa shape index (κ1) is 13.0. The van der Waals surface area contributed by atoms with Crippen molar-refractivity contribution in [1.29, 1.82) is 0 Å². The fraction of sp³-hybridized carbons (Fsp3) is 0.833. The first-order chi connectivity index (χ1) is 7.49. The van der Waals surface area contributed by atoms with Crippen LogP contribution in [0.15, 0.2) is 0 Å². The van der Waals surface area contributed by atoms with Gasteiger partial charge in [-0.25, -0.2) is 0 Å². The maximum atomic E-state index is 11.9. The highest BCUT2D eigenvalue weighted by Gasteiger charge is 2.25. The monoisotopic (exact) mass is 227 g/mol. The van der Waals surface area contributed by atoms with E-state index < -0.39 is 5.97 Å². The lowest BCUT2D eigenvalue weighted by atomic mass is 9.82. The van der Waals surface area contributed by atoms with Crippen LogP contribution in [-0.4, -0.2) is 35.0 Å². The lowest BCUT2D eigenvalue weighted by Gasteiger charge is -2.29. The Morgan fingerprint density at radius 1 is 1.38 bits per heavy atom. The topological polar surface area (TPSA) is 57.6 Å². The molecule has 92 valence electrons. The zero-order chi connectivity index (χ0) is 12.1. The number of rotatable bonds is 6. The third-order valence-electron chi connectivity index (χ3n) is 2.95. The van der Waals surface area contributed by atoms with Crippen LogP contribution >= 0.6 is 0 Å². The van der Waals surface area contributed by atoms with Crippen molar-refractivity contribution in [3.05, 3.63) is 0 Å². The van der Waals surface area contributed by atoms with Gasteiger partial charge in [0.25, 0.3) is 0 Å². The molecule has 0 bridgehead atoms. The lowest BCUT2D eigenvalue weighted by Crippen LogP contribution is -2.39. The van der Waals surface area contributed by atoms with Crippen molar-refractivity contribution in [3.8, 4) is 0 Å². The van der Waals surface area contributed by atoms with Crippen LogP contribution in [0.4, 0.5) is 0 Å². The minimum atomic E-state index is -0.928. The largest absolute Gasteiger partial charge is 0.480 e. The van der Waals surface area contributed by atoms with Crippen LogP contribution in [0.3, 0.4) is 0 Å². The Balaban J connectivity index is 2.44. The summed E-state index contributed by atoms with van der Waals surface area (Å²) in [6.45, 7) is 4.36. The Kier molecular flexibility index (Phi) is 4.77. The van der Waals surface area contributed by atoms with Gasteiger partial charge in [0.1, 0.15) is 6.54 Å². The molecule has 0 aromatic carbocycles. The Labute approximate surface area is 96.6 Å². The molecule has 4 nitrogen and oxygen atoms in total. The first-order valence-corrected chi connectivity index (χ1v) is 5.98. The zero-order valence-corrected chi connectivity index (χ0v) is 10.1. The second kappa shape index (κ2) is 5.87. The van der Waals surface area contributed by atoms with E-state index in [2.05, 4.69) is 0 Å². The van der Waals surface area contributed by atoms with Gasteiger partial charge in [0, 0.05) is 13.0 Å². The van der Waals surface area contributed by atoms with E-state index in [9.17, 15) is 9.59 Å².